The minimum Gasteiger partial charge on any atom is -0.484 e. The summed E-state index contributed by atoms with van der Waals surface area (Å²) in [6.07, 6.45) is 0. The second-order valence-electron chi connectivity index (χ2n) is 4.87. The van der Waals surface area contributed by atoms with Crippen LogP contribution in [0.15, 0.2) is 59.1 Å². The SMILES string of the molecule is O=C(COc1ccc(F)cc1)Nc1cc(-c2ccc(F)cc2)no1. The molecule has 0 aliphatic rings. The van der Waals surface area contributed by atoms with Gasteiger partial charge in [-0.15, -0.1) is 0 Å². The zero-order valence-electron chi connectivity index (χ0n) is 12.3. The van der Waals surface area contributed by atoms with E-state index in [1.54, 1.807) is 12.1 Å². The number of nitrogens with one attached hydrogen (secondary N) is 1. The van der Waals surface area contributed by atoms with Crippen molar-refractivity contribution in [1.29, 1.82) is 0 Å². The van der Waals surface area contributed by atoms with E-state index in [2.05, 4.69) is 10.5 Å². The van der Waals surface area contributed by atoms with E-state index >= 15 is 0 Å². The number of hydrogen-bond donors (Lipinski definition) is 1. The standard InChI is InChI=1S/C17H12F2N2O3/c18-12-3-1-11(2-4-12)15-9-17(24-21-15)20-16(22)10-23-14-7-5-13(19)6-8-14/h1-9H,10H2,(H,20,22). The Kier molecular flexibility index (Phi) is 4.51. The molecule has 3 rings (SSSR count). The number of carbonyl (C=O) groups is 1. The average Bonchev–Trinajstić information content (AvgIpc) is 3.03. The van der Waals surface area contributed by atoms with E-state index < -0.39 is 5.91 Å². The molecule has 0 saturated carbocycles. The highest BCUT2D eigenvalue weighted by Gasteiger charge is 2.10. The maximum absolute atomic E-state index is 12.9. The molecule has 1 heterocycles. The number of anilines is 1. The van der Waals surface area contributed by atoms with E-state index in [0.717, 1.165) is 0 Å². The molecule has 0 unspecified atom stereocenters. The summed E-state index contributed by atoms with van der Waals surface area (Å²) in [7, 11) is 0. The number of halogens is 2. The number of benzene rings is 2. The van der Waals surface area contributed by atoms with Crippen LogP contribution >= 0.6 is 0 Å². The van der Waals surface area contributed by atoms with Crippen LogP contribution in [0.2, 0.25) is 0 Å². The summed E-state index contributed by atoms with van der Waals surface area (Å²) in [6.45, 7) is -0.266. The van der Waals surface area contributed by atoms with Crippen molar-refractivity contribution in [2.45, 2.75) is 0 Å². The number of carbonyl (C=O) groups excluding carboxylic acids is 1. The summed E-state index contributed by atoms with van der Waals surface area (Å²) < 4.78 is 35.9. The van der Waals surface area contributed by atoms with Gasteiger partial charge in [0.2, 0.25) is 5.88 Å². The molecule has 0 saturated heterocycles. The zero-order chi connectivity index (χ0) is 16.9. The quantitative estimate of drug-likeness (QED) is 0.776. The first kappa shape index (κ1) is 15.7. The molecule has 0 atom stereocenters. The van der Waals surface area contributed by atoms with Gasteiger partial charge in [-0.3, -0.25) is 10.1 Å². The predicted molar refractivity (Wildman–Crippen MR) is 82.4 cm³/mol. The highest BCUT2D eigenvalue weighted by atomic mass is 19.1. The lowest BCUT2D eigenvalue weighted by Gasteiger charge is -2.05. The van der Waals surface area contributed by atoms with E-state index in [0.29, 0.717) is 17.0 Å². The smallest absolute Gasteiger partial charge is 0.264 e. The number of amides is 1. The van der Waals surface area contributed by atoms with Crippen LogP contribution in [0.4, 0.5) is 14.7 Å². The molecule has 122 valence electrons. The molecule has 0 bridgehead atoms. The molecule has 1 amide bonds. The second-order valence-corrected chi connectivity index (χ2v) is 4.87. The number of ether oxygens (including phenoxy) is 1. The normalized spacial score (nSPS) is 10.4. The van der Waals surface area contributed by atoms with E-state index in [1.165, 1.54) is 42.5 Å². The summed E-state index contributed by atoms with van der Waals surface area (Å²) in [4.78, 5) is 11.8. The summed E-state index contributed by atoms with van der Waals surface area (Å²) in [5.74, 6) is -0.685. The minimum absolute atomic E-state index is 0.141. The van der Waals surface area contributed by atoms with Crippen LogP contribution in [0.1, 0.15) is 0 Å². The molecule has 1 N–H and O–H groups in total. The number of rotatable bonds is 5. The molecule has 3 aromatic rings. The maximum atomic E-state index is 12.9. The zero-order valence-corrected chi connectivity index (χ0v) is 12.3. The Bertz CT molecular complexity index is 830. The average molecular weight is 330 g/mol. The van der Waals surface area contributed by atoms with Crippen molar-refractivity contribution in [2.75, 3.05) is 11.9 Å². The highest BCUT2D eigenvalue weighted by Crippen LogP contribution is 2.22. The lowest BCUT2D eigenvalue weighted by molar-refractivity contribution is -0.118. The summed E-state index contributed by atoms with van der Waals surface area (Å²) >= 11 is 0. The van der Waals surface area contributed by atoms with Crippen molar-refractivity contribution >= 4 is 11.8 Å². The lowest BCUT2D eigenvalue weighted by Crippen LogP contribution is -2.19. The Hall–Kier alpha value is -3.22. The predicted octanol–water partition coefficient (Wildman–Crippen LogP) is 3.64. The Balaban J connectivity index is 1.57. The minimum atomic E-state index is -0.457. The Morgan fingerprint density at radius 3 is 2.33 bits per heavy atom. The van der Waals surface area contributed by atoms with Crippen molar-refractivity contribution in [3.63, 3.8) is 0 Å². The number of hydrogen-bond acceptors (Lipinski definition) is 4. The topological polar surface area (TPSA) is 64.4 Å². The molecule has 0 fully saturated rings. The van der Waals surface area contributed by atoms with Gasteiger partial charge in [0.05, 0.1) is 0 Å². The van der Waals surface area contributed by atoms with Gasteiger partial charge in [0.1, 0.15) is 23.1 Å². The van der Waals surface area contributed by atoms with Crippen molar-refractivity contribution in [1.82, 2.24) is 5.16 Å². The van der Waals surface area contributed by atoms with E-state index in [4.69, 9.17) is 9.26 Å². The van der Waals surface area contributed by atoms with Crippen molar-refractivity contribution in [3.05, 3.63) is 66.2 Å². The molecule has 5 nitrogen and oxygen atoms in total. The summed E-state index contributed by atoms with van der Waals surface area (Å²) in [6, 6.07) is 12.5. The Morgan fingerprint density at radius 1 is 1.04 bits per heavy atom. The van der Waals surface area contributed by atoms with E-state index in [-0.39, 0.29) is 24.1 Å². The van der Waals surface area contributed by atoms with Crippen LogP contribution in [0, 0.1) is 11.6 Å². The van der Waals surface area contributed by atoms with Crippen LogP contribution in [-0.4, -0.2) is 17.7 Å². The first-order valence-corrected chi connectivity index (χ1v) is 7.01. The first-order chi connectivity index (χ1) is 11.6. The lowest BCUT2D eigenvalue weighted by atomic mass is 10.1. The third-order valence-corrected chi connectivity index (χ3v) is 3.10. The molecule has 2 aromatic carbocycles. The maximum Gasteiger partial charge on any atom is 0.264 e. The molecule has 0 aliphatic carbocycles. The molecular formula is C17H12F2N2O3. The fraction of sp³-hybridized carbons (Fsp3) is 0.0588. The van der Waals surface area contributed by atoms with Crippen LogP contribution < -0.4 is 10.1 Å². The molecule has 7 heteroatoms. The summed E-state index contributed by atoms with van der Waals surface area (Å²) in [5, 5.41) is 6.29. The van der Waals surface area contributed by atoms with Gasteiger partial charge in [0.15, 0.2) is 6.61 Å². The fourth-order valence-electron chi connectivity index (χ4n) is 1.94. The highest BCUT2D eigenvalue weighted by molar-refractivity contribution is 5.91. The van der Waals surface area contributed by atoms with Crippen LogP contribution in [0.25, 0.3) is 11.3 Å². The van der Waals surface area contributed by atoms with Gasteiger partial charge < -0.3 is 9.26 Å². The Labute approximate surface area is 135 Å². The van der Waals surface area contributed by atoms with E-state index in [1.807, 2.05) is 0 Å². The fourth-order valence-corrected chi connectivity index (χ4v) is 1.94. The molecular weight excluding hydrogens is 318 g/mol. The molecule has 0 radical (unpaired) electrons. The number of nitrogens with zero attached hydrogens (tertiary/aromatic N) is 1. The monoisotopic (exact) mass is 330 g/mol. The van der Waals surface area contributed by atoms with Crippen LogP contribution in [0.3, 0.4) is 0 Å². The van der Waals surface area contributed by atoms with Gasteiger partial charge in [-0.2, -0.15) is 0 Å². The third-order valence-electron chi connectivity index (χ3n) is 3.10. The van der Waals surface area contributed by atoms with Crippen LogP contribution in [-0.2, 0) is 4.79 Å². The van der Waals surface area contributed by atoms with Gasteiger partial charge in [-0.05, 0) is 48.5 Å². The number of aromatic nitrogens is 1. The van der Waals surface area contributed by atoms with E-state index in [9.17, 15) is 13.6 Å². The van der Waals surface area contributed by atoms with Crippen molar-refractivity contribution in [3.8, 4) is 17.0 Å². The van der Waals surface area contributed by atoms with Gasteiger partial charge in [-0.25, -0.2) is 8.78 Å². The Morgan fingerprint density at radius 2 is 1.67 bits per heavy atom. The van der Waals surface area contributed by atoms with Crippen molar-refractivity contribution in [2.24, 2.45) is 0 Å². The second kappa shape index (κ2) is 6.91. The van der Waals surface area contributed by atoms with Crippen molar-refractivity contribution < 1.29 is 22.8 Å². The van der Waals surface area contributed by atoms with Gasteiger partial charge in [-0.1, -0.05) is 5.16 Å². The largest absolute Gasteiger partial charge is 0.484 e. The van der Waals surface area contributed by atoms with Gasteiger partial charge in [0.25, 0.3) is 5.91 Å². The first-order valence-electron chi connectivity index (χ1n) is 7.01. The van der Waals surface area contributed by atoms with Gasteiger partial charge >= 0.3 is 0 Å². The molecule has 0 aliphatic heterocycles. The van der Waals surface area contributed by atoms with Gasteiger partial charge in [0, 0.05) is 11.6 Å². The molecule has 24 heavy (non-hydrogen) atoms. The summed E-state index contributed by atoms with van der Waals surface area (Å²) in [5.41, 5.74) is 1.12. The third kappa shape index (κ3) is 3.95. The van der Waals surface area contributed by atoms with Crippen LogP contribution in [0.5, 0.6) is 5.75 Å². The molecule has 1 aromatic heterocycles. The molecule has 0 spiro atoms.